The van der Waals surface area contributed by atoms with E-state index in [1.165, 1.54) is 0 Å². The van der Waals surface area contributed by atoms with Crippen LogP contribution in [0.4, 0.5) is 5.82 Å². The zero-order chi connectivity index (χ0) is 11.5. The van der Waals surface area contributed by atoms with Gasteiger partial charge in [-0.05, 0) is 6.92 Å². The number of carboxylic acids is 1. The molecule has 86 valence electrons. The van der Waals surface area contributed by atoms with Crippen LogP contribution in [0.3, 0.4) is 0 Å². The van der Waals surface area contributed by atoms with Gasteiger partial charge in [-0.2, -0.15) is 0 Å². The molecule has 1 atom stereocenters. The summed E-state index contributed by atoms with van der Waals surface area (Å²) in [4.78, 5) is 21.2. The average molecular weight is 222 g/mol. The Hall–Kier alpha value is -1.69. The van der Waals surface area contributed by atoms with Crippen LogP contribution >= 0.6 is 0 Å². The van der Waals surface area contributed by atoms with Crippen LogP contribution in [0.2, 0.25) is 0 Å². The third-order valence-electron chi connectivity index (χ3n) is 2.66. The topological polar surface area (TPSA) is 78.4 Å². The van der Waals surface area contributed by atoms with Gasteiger partial charge in [0.25, 0.3) is 0 Å². The number of aryl methyl sites for hydroxylation is 1. The molecule has 2 N–H and O–H groups in total. The number of rotatable bonds is 2. The van der Waals surface area contributed by atoms with Crippen LogP contribution in [-0.4, -0.2) is 46.7 Å². The molecule has 0 unspecified atom stereocenters. The minimum absolute atomic E-state index is 0.436. The Morgan fingerprint density at radius 1 is 1.56 bits per heavy atom. The van der Waals surface area contributed by atoms with Gasteiger partial charge in [0, 0.05) is 32.0 Å². The van der Waals surface area contributed by atoms with Crippen LogP contribution in [0, 0.1) is 6.92 Å². The van der Waals surface area contributed by atoms with Gasteiger partial charge < -0.3 is 15.3 Å². The van der Waals surface area contributed by atoms with E-state index >= 15 is 0 Å². The maximum Gasteiger partial charge on any atom is 0.327 e. The summed E-state index contributed by atoms with van der Waals surface area (Å²) in [7, 11) is 0. The number of nitrogens with one attached hydrogen (secondary N) is 1. The van der Waals surface area contributed by atoms with Crippen molar-refractivity contribution in [1.29, 1.82) is 0 Å². The van der Waals surface area contributed by atoms with Crippen molar-refractivity contribution >= 4 is 11.8 Å². The van der Waals surface area contributed by atoms with E-state index in [9.17, 15) is 4.79 Å². The Morgan fingerprint density at radius 3 is 3.00 bits per heavy atom. The highest BCUT2D eigenvalue weighted by atomic mass is 16.4. The Balaban J connectivity index is 2.30. The predicted octanol–water partition coefficient (Wildman–Crippen LogP) is -0.352. The van der Waals surface area contributed by atoms with Gasteiger partial charge in [0.1, 0.15) is 6.04 Å². The van der Waals surface area contributed by atoms with Crippen molar-refractivity contribution in [2.45, 2.75) is 13.0 Å². The highest BCUT2D eigenvalue weighted by molar-refractivity contribution is 5.78. The van der Waals surface area contributed by atoms with Crippen molar-refractivity contribution in [3.8, 4) is 0 Å². The van der Waals surface area contributed by atoms with E-state index in [4.69, 9.17) is 5.11 Å². The van der Waals surface area contributed by atoms with Crippen molar-refractivity contribution in [3.63, 3.8) is 0 Å². The molecule has 16 heavy (non-hydrogen) atoms. The van der Waals surface area contributed by atoms with Crippen LogP contribution in [0.25, 0.3) is 0 Å². The Bertz CT molecular complexity index is 396. The highest BCUT2D eigenvalue weighted by Crippen LogP contribution is 2.18. The number of piperazine rings is 1. The van der Waals surface area contributed by atoms with Gasteiger partial charge in [0.15, 0.2) is 5.82 Å². The summed E-state index contributed by atoms with van der Waals surface area (Å²) in [5.74, 6) is -0.173. The first-order chi connectivity index (χ1) is 7.70. The van der Waals surface area contributed by atoms with Crippen LogP contribution in [0.15, 0.2) is 12.4 Å². The lowest BCUT2D eigenvalue weighted by molar-refractivity contribution is -0.138. The van der Waals surface area contributed by atoms with Gasteiger partial charge in [-0.25, -0.2) is 9.78 Å². The first-order valence-corrected chi connectivity index (χ1v) is 5.18. The van der Waals surface area contributed by atoms with Crippen molar-refractivity contribution in [2.75, 3.05) is 24.5 Å². The molecule has 0 aliphatic carbocycles. The molecule has 6 nitrogen and oxygen atoms in total. The zero-order valence-corrected chi connectivity index (χ0v) is 9.05. The van der Waals surface area contributed by atoms with Crippen LogP contribution in [0.5, 0.6) is 0 Å². The molecule has 1 saturated heterocycles. The molecule has 0 radical (unpaired) electrons. The van der Waals surface area contributed by atoms with Gasteiger partial charge in [-0.15, -0.1) is 0 Å². The standard InChI is InChI=1S/C10H14N4O2/c1-7-9(13-3-2-12-7)14-5-4-11-6-8(14)10(15)16/h2-3,8,11H,4-6H2,1H3,(H,15,16)/t8-/m0/s1. The second-order valence-electron chi connectivity index (χ2n) is 3.72. The van der Waals surface area contributed by atoms with Crippen molar-refractivity contribution in [1.82, 2.24) is 15.3 Å². The summed E-state index contributed by atoms with van der Waals surface area (Å²) >= 11 is 0. The summed E-state index contributed by atoms with van der Waals surface area (Å²) < 4.78 is 0. The molecular formula is C10H14N4O2. The fraction of sp³-hybridized carbons (Fsp3) is 0.500. The second kappa shape index (κ2) is 4.44. The van der Waals surface area contributed by atoms with Crippen LogP contribution < -0.4 is 10.2 Å². The number of hydrogen-bond acceptors (Lipinski definition) is 5. The number of nitrogens with zero attached hydrogens (tertiary/aromatic N) is 3. The fourth-order valence-corrected chi connectivity index (χ4v) is 1.86. The number of carboxylic acid groups (broad SMARTS) is 1. The monoisotopic (exact) mass is 222 g/mol. The molecule has 0 aromatic carbocycles. The SMILES string of the molecule is Cc1nccnc1N1CCNC[C@H]1C(=O)O. The van der Waals surface area contributed by atoms with Crippen LogP contribution in [0.1, 0.15) is 5.69 Å². The van der Waals surface area contributed by atoms with Crippen molar-refractivity contribution in [3.05, 3.63) is 18.1 Å². The number of aromatic nitrogens is 2. The molecule has 2 heterocycles. The summed E-state index contributed by atoms with van der Waals surface area (Å²) in [6.45, 7) is 3.67. The van der Waals surface area contributed by atoms with E-state index in [0.717, 1.165) is 12.2 Å². The molecule has 1 aliphatic heterocycles. The lowest BCUT2D eigenvalue weighted by Gasteiger charge is -2.34. The third kappa shape index (κ3) is 1.96. The summed E-state index contributed by atoms with van der Waals surface area (Å²) in [6.07, 6.45) is 3.19. The molecule has 1 aromatic heterocycles. The molecule has 6 heteroatoms. The van der Waals surface area contributed by atoms with E-state index in [0.29, 0.717) is 18.9 Å². The zero-order valence-electron chi connectivity index (χ0n) is 9.05. The number of aliphatic carboxylic acids is 1. The van der Waals surface area contributed by atoms with Gasteiger partial charge >= 0.3 is 5.97 Å². The largest absolute Gasteiger partial charge is 0.480 e. The predicted molar refractivity (Wildman–Crippen MR) is 58.4 cm³/mol. The summed E-state index contributed by atoms with van der Waals surface area (Å²) in [5.41, 5.74) is 0.760. The first-order valence-electron chi connectivity index (χ1n) is 5.18. The van der Waals surface area contributed by atoms with E-state index in [1.54, 1.807) is 17.3 Å². The van der Waals surface area contributed by atoms with E-state index < -0.39 is 12.0 Å². The molecular weight excluding hydrogens is 208 g/mol. The Kier molecular flexibility index (Phi) is 3.00. The number of carbonyl (C=O) groups is 1. The van der Waals surface area contributed by atoms with Crippen LogP contribution in [-0.2, 0) is 4.79 Å². The smallest absolute Gasteiger partial charge is 0.327 e. The van der Waals surface area contributed by atoms with Gasteiger partial charge in [-0.1, -0.05) is 0 Å². The minimum Gasteiger partial charge on any atom is -0.480 e. The average Bonchev–Trinajstić information content (AvgIpc) is 2.29. The normalized spacial score (nSPS) is 20.8. The van der Waals surface area contributed by atoms with E-state index in [2.05, 4.69) is 15.3 Å². The second-order valence-corrected chi connectivity index (χ2v) is 3.72. The van der Waals surface area contributed by atoms with Crippen molar-refractivity contribution < 1.29 is 9.90 Å². The van der Waals surface area contributed by atoms with Gasteiger partial charge in [-0.3, -0.25) is 4.98 Å². The first kappa shape index (κ1) is 10.8. The number of anilines is 1. The quantitative estimate of drug-likeness (QED) is 0.712. The molecule has 1 fully saturated rings. The molecule has 0 saturated carbocycles. The Morgan fingerprint density at radius 2 is 2.31 bits per heavy atom. The number of hydrogen-bond donors (Lipinski definition) is 2. The lowest BCUT2D eigenvalue weighted by atomic mass is 10.2. The molecule has 1 aromatic rings. The lowest BCUT2D eigenvalue weighted by Crippen LogP contribution is -2.55. The molecule has 0 bridgehead atoms. The molecule has 2 rings (SSSR count). The maximum atomic E-state index is 11.1. The third-order valence-corrected chi connectivity index (χ3v) is 2.66. The van der Waals surface area contributed by atoms with Crippen molar-refractivity contribution in [2.24, 2.45) is 0 Å². The van der Waals surface area contributed by atoms with E-state index in [1.807, 2.05) is 6.92 Å². The van der Waals surface area contributed by atoms with E-state index in [-0.39, 0.29) is 0 Å². The van der Waals surface area contributed by atoms with Gasteiger partial charge in [0.05, 0.1) is 5.69 Å². The molecule has 0 amide bonds. The maximum absolute atomic E-state index is 11.1. The molecule has 1 aliphatic rings. The minimum atomic E-state index is -0.836. The molecule has 0 spiro atoms. The summed E-state index contributed by atoms with van der Waals surface area (Å²) in [5, 5.41) is 12.2. The fourth-order valence-electron chi connectivity index (χ4n) is 1.86. The highest BCUT2D eigenvalue weighted by Gasteiger charge is 2.30. The van der Waals surface area contributed by atoms with Gasteiger partial charge in [0.2, 0.25) is 0 Å². The summed E-state index contributed by atoms with van der Waals surface area (Å²) in [6, 6.07) is -0.566. The Labute approximate surface area is 93.3 Å².